The summed E-state index contributed by atoms with van der Waals surface area (Å²) in [5, 5.41) is 9.31. The first-order chi connectivity index (χ1) is 12.2. The molecule has 0 aromatic heterocycles. The summed E-state index contributed by atoms with van der Waals surface area (Å²) in [7, 11) is 0. The SMILES string of the molecule is CCCN(C(=O)CCCNC(=O)NC1CCCCC1)C1CCNCC1. The number of carbonyl (C=O) groups is 2. The molecule has 1 aliphatic carbocycles. The number of nitrogens with one attached hydrogen (secondary N) is 3. The van der Waals surface area contributed by atoms with E-state index in [0.29, 0.717) is 31.5 Å². The summed E-state index contributed by atoms with van der Waals surface area (Å²) in [6.45, 7) is 5.54. The highest BCUT2D eigenvalue weighted by Gasteiger charge is 2.24. The molecule has 0 spiro atoms. The smallest absolute Gasteiger partial charge is 0.315 e. The van der Waals surface area contributed by atoms with E-state index in [-0.39, 0.29) is 11.9 Å². The van der Waals surface area contributed by atoms with Crippen LogP contribution in [0, 0.1) is 0 Å². The van der Waals surface area contributed by atoms with Gasteiger partial charge in [0, 0.05) is 31.6 Å². The molecule has 144 valence electrons. The van der Waals surface area contributed by atoms with Crippen molar-refractivity contribution >= 4 is 11.9 Å². The van der Waals surface area contributed by atoms with Crippen LogP contribution in [0.5, 0.6) is 0 Å². The quantitative estimate of drug-likeness (QED) is 0.587. The van der Waals surface area contributed by atoms with E-state index in [4.69, 9.17) is 0 Å². The lowest BCUT2D eigenvalue weighted by Crippen LogP contribution is -2.46. The van der Waals surface area contributed by atoms with Crippen molar-refractivity contribution in [2.75, 3.05) is 26.2 Å². The second-order valence-corrected chi connectivity index (χ2v) is 7.41. The normalized spacial score (nSPS) is 19.4. The van der Waals surface area contributed by atoms with Crippen LogP contribution in [0.1, 0.15) is 71.1 Å². The molecule has 0 aromatic rings. The first-order valence-electron chi connectivity index (χ1n) is 10.2. The zero-order valence-corrected chi connectivity index (χ0v) is 15.8. The van der Waals surface area contributed by atoms with Crippen molar-refractivity contribution in [3.63, 3.8) is 0 Å². The van der Waals surface area contributed by atoms with Gasteiger partial charge in [-0.05, 0) is 51.6 Å². The minimum Gasteiger partial charge on any atom is -0.340 e. The number of rotatable bonds is 8. The third-order valence-electron chi connectivity index (χ3n) is 5.33. The number of piperidine rings is 1. The molecule has 1 saturated carbocycles. The molecule has 1 heterocycles. The Bertz CT molecular complexity index is 404. The van der Waals surface area contributed by atoms with Crippen molar-refractivity contribution in [1.82, 2.24) is 20.9 Å². The van der Waals surface area contributed by atoms with E-state index >= 15 is 0 Å². The molecule has 0 radical (unpaired) electrons. The fourth-order valence-corrected chi connectivity index (χ4v) is 3.94. The molecular weight excluding hydrogens is 316 g/mol. The molecule has 3 amide bonds. The molecule has 2 rings (SSSR count). The van der Waals surface area contributed by atoms with Gasteiger partial charge < -0.3 is 20.9 Å². The maximum atomic E-state index is 12.6. The Morgan fingerprint density at radius 1 is 1.08 bits per heavy atom. The number of hydrogen-bond donors (Lipinski definition) is 3. The molecule has 2 aliphatic rings. The van der Waals surface area contributed by atoms with E-state index in [9.17, 15) is 9.59 Å². The molecule has 3 N–H and O–H groups in total. The van der Waals surface area contributed by atoms with E-state index < -0.39 is 0 Å². The van der Waals surface area contributed by atoms with Crippen LogP contribution in [-0.4, -0.2) is 55.1 Å². The van der Waals surface area contributed by atoms with Gasteiger partial charge in [-0.15, -0.1) is 0 Å². The Hall–Kier alpha value is -1.30. The van der Waals surface area contributed by atoms with Crippen LogP contribution in [-0.2, 0) is 4.79 Å². The van der Waals surface area contributed by atoms with Crippen LogP contribution in [0.4, 0.5) is 4.79 Å². The topological polar surface area (TPSA) is 73.5 Å². The number of hydrogen-bond acceptors (Lipinski definition) is 3. The van der Waals surface area contributed by atoms with Crippen molar-refractivity contribution in [2.24, 2.45) is 0 Å². The van der Waals surface area contributed by atoms with Crippen molar-refractivity contribution in [3.05, 3.63) is 0 Å². The fraction of sp³-hybridized carbons (Fsp3) is 0.895. The van der Waals surface area contributed by atoms with Crippen LogP contribution in [0.15, 0.2) is 0 Å². The Morgan fingerprint density at radius 3 is 2.48 bits per heavy atom. The van der Waals surface area contributed by atoms with Crippen molar-refractivity contribution in [1.29, 1.82) is 0 Å². The summed E-state index contributed by atoms with van der Waals surface area (Å²) in [4.78, 5) is 26.6. The molecule has 0 aromatic carbocycles. The zero-order valence-electron chi connectivity index (χ0n) is 15.8. The third kappa shape index (κ3) is 7.22. The summed E-state index contributed by atoms with van der Waals surface area (Å²) >= 11 is 0. The highest BCUT2D eigenvalue weighted by molar-refractivity contribution is 5.77. The zero-order chi connectivity index (χ0) is 17.9. The lowest BCUT2D eigenvalue weighted by atomic mass is 9.96. The van der Waals surface area contributed by atoms with Gasteiger partial charge in [0.2, 0.25) is 5.91 Å². The lowest BCUT2D eigenvalue weighted by Gasteiger charge is -2.34. The van der Waals surface area contributed by atoms with Crippen molar-refractivity contribution in [3.8, 4) is 0 Å². The minimum atomic E-state index is -0.0804. The minimum absolute atomic E-state index is 0.0804. The summed E-state index contributed by atoms with van der Waals surface area (Å²) in [5.41, 5.74) is 0. The third-order valence-corrected chi connectivity index (χ3v) is 5.33. The fourth-order valence-electron chi connectivity index (χ4n) is 3.94. The van der Waals surface area contributed by atoms with Gasteiger partial charge >= 0.3 is 6.03 Å². The summed E-state index contributed by atoms with van der Waals surface area (Å²) in [6.07, 6.45) is 10.2. The molecule has 0 unspecified atom stereocenters. The lowest BCUT2D eigenvalue weighted by molar-refractivity contribution is -0.134. The van der Waals surface area contributed by atoms with Gasteiger partial charge in [-0.1, -0.05) is 26.2 Å². The van der Waals surface area contributed by atoms with Crippen LogP contribution in [0.25, 0.3) is 0 Å². The van der Waals surface area contributed by atoms with Crippen molar-refractivity contribution < 1.29 is 9.59 Å². The van der Waals surface area contributed by atoms with Gasteiger partial charge in [0.15, 0.2) is 0 Å². The molecule has 6 nitrogen and oxygen atoms in total. The molecule has 1 saturated heterocycles. The first-order valence-corrected chi connectivity index (χ1v) is 10.2. The second-order valence-electron chi connectivity index (χ2n) is 7.41. The highest BCUT2D eigenvalue weighted by atomic mass is 16.2. The van der Waals surface area contributed by atoms with Crippen molar-refractivity contribution in [2.45, 2.75) is 83.2 Å². The number of amides is 3. The largest absolute Gasteiger partial charge is 0.340 e. The summed E-state index contributed by atoms with van der Waals surface area (Å²) in [6, 6.07) is 0.634. The maximum Gasteiger partial charge on any atom is 0.315 e. The van der Waals surface area contributed by atoms with E-state index in [0.717, 1.165) is 51.7 Å². The number of nitrogens with zero attached hydrogens (tertiary/aromatic N) is 1. The Morgan fingerprint density at radius 2 is 1.80 bits per heavy atom. The average molecular weight is 353 g/mol. The first kappa shape index (κ1) is 20.0. The number of carbonyl (C=O) groups excluding carboxylic acids is 2. The van der Waals surface area contributed by atoms with E-state index in [1.54, 1.807) is 0 Å². The summed E-state index contributed by atoms with van der Waals surface area (Å²) in [5.74, 6) is 0.239. The number of urea groups is 1. The van der Waals surface area contributed by atoms with Gasteiger partial charge in [-0.3, -0.25) is 4.79 Å². The Kier molecular flexibility index (Phi) is 9.08. The molecular formula is C19H36N4O2. The second kappa shape index (κ2) is 11.3. The molecule has 6 heteroatoms. The van der Waals surface area contributed by atoms with Gasteiger partial charge in [0.05, 0.1) is 0 Å². The van der Waals surface area contributed by atoms with Crippen LogP contribution in [0.3, 0.4) is 0 Å². The van der Waals surface area contributed by atoms with Crippen LogP contribution in [0.2, 0.25) is 0 Å². The maximum absolute atomic E-state index is 12.6. The Labute approximate surface area is 152 Å². The van der Waals surface area contributed by atoms with E-state index in [2.05, 4.69) is 27.8 Å². The summed E-state index contributed by atoms with van der Waals surface area (Å²) < 4.78 is 0. The monoisotopic (exact) mass is 352 g/mol. The average Bonchev–Trinajstić information content (AvgIpc) is 2.64. The standard InChI is InChI=1S/C19H36N4O2/c1-2-15-23(17-10-13-20-14-11-17)18(24)9-6-12-21-19(25)22-16-7-4-3-5-8-16/h16-17,20H,2-15H2,1H3,(H2,21,22,25). The molecule has 0 bridgehead atoms. The van der Waals surface area contributed by atoms with Gasteiger partial charge in [-0.2, -0.15) is 0 Å². The van der Waals surface area contributed by atoms with E-state index in [1.807, 2.05) is 0 Å². The predicted molar refractivity (Wildman–Crippen MR) is 101 cm³/mol. The molecule has 2 fully saturated rings. The van der Waals surface area contributed by atoms with Crippen LogP contribution < -0.4 is 16.0 Å². The van der Waals surface area contributed by atoms with Gasteiger partial charge in [0.25, 0.3) is 0 Å². The Balaban J connectivity index is 1.63. The van der Waals surface area contributed by atoms with Crippen LogP contribution >= 0.6 is 0 Å². The predicted octanol–water partition coefficient (Wildman–Crippen LogP) is 2.39. The molecule has 0 atom stereocenters. The molecule has 25 heavy (non-hydrogen) atoms. The highest BCUT2D eigenvalue weighted by Crippen LogP contribution is 2.17. The molecule has 1 aliphatic heterocycles. The van der Waals surface area contributed by atoms with Gasteiger partial charge in [-0.25, -0.2) is 4.79 Å². The van der Waals surface area contributed by atoms with E-state index in [1.165, 1.54) is 19.3 Å². The van der Waals surface area contributed by atoms with Gasteiger partial charge in [0.1, 0.15) is 0 Å².